The van der Waals surface area contributed by atoms with Crippen LogP contribution in [0.4, 0.5) is 5.69 Å². The molecule has 2 aromatic rings. The molecule has 4 rings (SSSR count). The van der Waals surface area contributed by atoms with Crippen molar-refractivity contribution in [1.82, 2.24) is 8.96 Å². The number of rotatable bonds is 1. The van der Waals surface area contributed by atoms with Crippen molar-refractivity contribution in [1.29, 1.82) is 0 Å². The second-order valence-corrected chi connectivity index (χ2v) is 6.94. The van der Waals surface area contributed by atoms with Gasteiger partial charge < -0.3 is 9.64 Å². The van der Waals surface area contributed by atoms with Crippen LogP contribution in [0.25, 0.3) is 11.0 Å². The van der Waals surface area contributed by atoms with Gasteiger partial charge in [0.1, 0.15) is 0 Å². The molecule has 2 saturated heterocycles. The summed E-state index contributed by atoms with van der Waals surface area (Å²) in [7, 11) is 0. The molecule has 4 heterocycles. The number of aromatic nitrogens is 2. The number of hydrogen-bond donors (Lipinski definition) is 1. The van der Waals surface area contributed by atoms with E-state index >= 15 is 0 Å². The average molecular weight is 387 g/mol. The zero-order valence-corrected chi connectivity index (χ0v) is 13.3. The van der Waals surface area contributed by atoms with Gasteiger partial charge in [-0.3, -0.25) is 3.97 Å². The van der Waals surface area contributed by atoms with Crippen LogP contribution >= 0.6 is 35.4 Å². The van der Waals surface area contributed by atoms with Crippen molar-refractivity contribution in [3.05, 3.63) is 22.0 Å². The first-order valence-electron chi connectivity index (χ1n) is 6.41. The summed E-state index contributed by atoms with van der Waals surface area (Å²) in [6.07, 6.45) is 3.96. The van der Waals surface area contributed by atoms with Crippen molar-refractivity contribution in [3.63, 3.8) is 0 Å². The van der Waals surface area contributed by atoms with Crippen LogP contribution in [0.2, 0.25) is 0 Å². The normalized spacial score (nSPS) is 26.3. The Morgan fingerprint density at radius 1 is 1.32 bits per heavy atom. The molecule has 6 heteroatoms. The molecule has 19 heavy (non-hydrogen) atoms. The summed E-state index contributed by atoms with van der Waals surface area (Å²) in [6.45, 7) is 4.02. The van der Waals surface area contributed by atoms with E-state index in [-0.39, 0.29) is 0 Å². The molecule has 2 fully saturated rings. The number of fused-ring (bicyclic) bond motifs is 2. The van der Waals surface area contributed by atoms with E-state index in [0.717, 1.165) is 32.0 Å². The van der Waals surface area contributed by atoms with Gasteiger partial charge in [0.2, 0.25) is 0 Å². The molecule has 0 aliphatic carbocycles. The van der Waals surface area contributed by atoms with Crippen LogP contribution in [-0.2, 0) is 4.74 Å². The van der Waals surface area contributed by atoms with E-state index in [1.54, 1.807) is 3.97 Å². The first kappa shape index (κ1) is 12.3. The van der Waals surface area contributed by atoms with Crippen LogP contribution in [0.1, 0.15) is 0 Å². The minimum atomic E-state index is 0.698. The second-order valence-electron chi connectivity index (χ2n) is 5.35. The third kappa shape index (κ3) is 1.95. The molecule has 2 aliphatic heterocycles. The Bertz CT molecular complexity index is 632. The molecule has 2 aromatic heterocycles. The largest absolute Gasteiger partial charge is 0.381 e. The van der Waals surface area contributed by atoms with E-state index in [9.17, 15) is 0 Å². The molecule has 2 atom stereocenters. The molecule has 0 bridgehead atoms. The Kier molecular flexibility index (Phi) is 2.93. The summed E-state index contributed by atoms with van der Waals surface area (Å²) in [5, 5.41) is 1.18. The van der Waals surface area contributed by atoms with E-state index in [1.165, 1.54) is 14.6 Å². The maximum Gasteiger partial charge on any atom is 0.150 e. The first-order valence-corrected chi connectivity index (χ1v) is 7.89. The van der Waals surface area contributed by atoms with E-state index in [0.29, 0.717) is 11.8 Å². The van der Waals surface area contributed by atoms with Crippen molar-refractivity contribution in [2.24, 2.45) is 11.8 Å². The van der Waals surface area contributed by atoms with Crippen molar-refractivity contribution in [3.8, 4) is 0 Å². The summed E-state index contributed by atoms with van der Waals surface area (Å²) in [4.78, 5) is 6.99. The van der Waals surface area contributed by atoms with Gasteiger partial charge in [-0.2, -0.15) is 0 Å². The van der Waals surface area contributed by atoms with Crippen molar-refractivity contribution in [2.75, 3.05) is 31.2 Å². The molecule has 0 saturated carbocycles. The molecule has 0 N–H and O–H groups in total. The van der Waals surface area contributed by atoms with Crippen molar-refractivity contribution in [2.45, 2.75) is 0 Å². The molecule has 0 radical (unpaired) electrons. The molecular formula is C13H14IN3OS. The number of hydrogen-bond acceptors (Lipinski definition) is 4. The maximum atomic E-state index is 5.53. The fourth-order valence-electron chi connectivity index (χ4n) is 3.11. The second kappa shape index (κ2) is 4.53. The van der Waals surface area contributed by atoms with Crippen LogP contribution in [0.3, 0.4) is 0 Å². The van der Waals surface area contributed by atoms with Gasteiger partial charge in [0.25, 0.3) is 0 Å². The third-order valence-electron chi connectivity index (χ3n) is 4.17. The van der Waals surface area contributed by atoms with Gasteiger partial charge >= 0.3 is 0 Å². The highest BCUT2D eigenvalue weighted by atomic mass is 127. The van der Waals surface area contributed by atoms with Crippen LogP contribution in [0.5, 0.6) is 0 Å². The lowest BCUT2D eigenvalue weighted by Crippen LogP contribution is -2.22. The van der Waals surface area contributed by atoms with Gasteiger partial charge in [-0.1, -0.05) is 12.8 Å². The fourth-order valence-corrected chi connectivity index (χ4v) is 4.28. The Hall–Kier alpha value is -0.470. The summed E-state index contributed by atoms with van der Waals surface area (Å²) >= 11 is 6.72. The van der Waals surface area contributed by atoms with Crippen LogP contribution in [0, 0.1) is 15.4 Å². The highest BCUT2D eigenvalue weighted by molar-refractivity contribution is 14.1. The van der Waals surface area contributed by atoms with Crippen LogP contribution in [-0.4, -0.2) is 35.3 Å². The lowest BCUT2D eigenvalue weighted by Gasteiger charge is -2.19. The van der Waals surface area contributed by atoms with Crippen molar-refractivity contribution < 1.29 is 4.74 Å². The number of anilines is 1. The van der Waals surface area contributed by atoms with Gasteiger partial charge in [-0.25, -0.2) is 4.98 Å². The Morgan fingerprint density at radius 2 is 2.05 bits per heavy atom. The molecule has 2 unspecified atom stereocenters. The minimum Gasteiger partial charge on any atom is -0.381 e. The highest BCUT2D eigenvalue weighted by Crippen LogP contribution is 2.34. The van der Waals surface area contributed by atoms with E-state index in [2.05, 4.69) is 51.4 Å². The Labute approximate surface area is 130 Å². The summed E-state index contributed by atoms with van der Waals surface area (Å²) < 4.78 is 8.51. The minimum absolute atomic E-state index is 0.698. The quantitative estimate of drug-likeness (QED) is 0.602. The fraction of sp³-hybridized carbons (Fsp3) is 0.462. The molecule has 4 nitrogen and oxygen atoms in total. The maximum absolute atomic E-state index is 5.53. The molecule has 0 spiro atoms. The zero-order chi connectivity index (χ0) is 13.0. The van der Waals surface area contributed by atoms with Gasteiger partial charge in [0.05, 0.1) is 25.1 Å². The van der Waals surface area contributed by atoms with Gasteiger partial charge in [-0.05, 0) is 28.7 Å². The number of thiol groups is 1. The summed E-state index contributed by atoms with van der Waals surface area (Å²) in [5.41, 5.74) is 2.15. The number of ether oxygens (including phenoxy) is 1. The Morgan fingerprint density at radius 3 is 2.79 bits per heavy atom. The van der Waals surface area contributed by atoms with Crippen molar-refractivity contribution >= 4 is 52.1 Å². The van der Waals surface area contributed by atoms with E-state index in [4.69, 9.17) is 4.74 Å². The SMILES string of the molecule is Sn1cc(I)c2cc(N3CC4COCC4C3)cnc21. The number of nitrogens with zero attached hydrogens (tertiary/aromatic N) is 3. The van der Waals surface area contributed by atoms with E-state index < -0.39 is 0 Å². The smallest absolute Gasteiger partial charge is 0.150 e. The van der Waals surface area contributed by atoms with E-state index in [1.807, 2.05) is 12.4 Å². The summed E-state index contributed by atoms with van der Waals surface area (Å²) in [6, 6.07) is 2.23. The summed E-state index contributed by atoms with van der Waals surface area (Å²) in [5.74, 6) is 1.40. The van der Waals surface area contributed by atoms with Gasteiger partial charge in [0, 0.05) is 40.1 Å². The van der Waals surface area contributed by atoms with Crippen LogP contribution < -0.4 is 4.90 Å². The molecule has 2 aliphatic rings. The Balaban J connectivity index is 1.70. The molecular weight excluding hydrogens is 373 g/mol. The molecule has 0 aromatic carbocycles. The zero-order valence-electron chi connectivity index (χ0n) is 10.3. The number of halogens is 1. The average Bonchev–Trinajstić information content (AvgIpc) is 3.04. The first-order chi connectivity index (χ1) is 9.22. The predicted octanol–water partition coefficient (Wildman–Crippen LogP) is 2.42. The topological polar surface area (TPSA) is 30.3 Å². The lowest BCUT2D eigenvalue weighted by molar-refractivity contribution is 0.177. The number of pyridine rings is 1. The lowest BCUT2D eigenvalue weighted by atomic mass is 10.0. The third-order valence-corrected chi connectivity index (χ3v) is 5.33. The molecule has 100 valence electrons. The van der Waals surface area contributed by atoms with Gasteiger partial charge in [-0.15, -0.1) is 0 Å². The monoisotopic (exact) mass is 387 g/mol. The molecule has 0 amide bonds. The standard InChI is InChI=1S/C13H14IN3OS/c14-12-5-17(19)13-11(12)1-10(2-15-13)16-3-8-6-18-7-9(8)4-16/h1-2,5,8-9,19H,3-4,6-7H2. The highest BCUT2D eigenvalue weighted by Gasteiger charge is 2.37. The van der Waals surface area contributed by atoms with Gasteiger partial charge in [0.15, 0.2) is 5.65 Å². The predicted molar refractivity (Wildman–Crippen MR) is 86.8 cm³/mol. The van der Waals surface area contributed by atoms with Crippen LogP contribution in [0.15, 0.2) is 18.5 Å².